The molecule has 0 bridgehead atoms. The summed E-state index contributed by atoms with van der Waals surface area (Å²) in [5.41, 5.74) is 0. The van der Waals surface area contributed by atoms with E-state index in [1.54, 1.807) is 19.9 Å². The van der Waals surface area contributed by atoms with Crippen molar-refractivity contribution in [2.24, 2.45) is 5.92 Å². The summed E-state index contributed by atoms with van der Waals surface area (Å²) in [7, 11) is -3.59. The third-order valence-electron chi connectivity index (χ3n) is 2.04. The van der Waals surface area contributed by atoms with Gasteiger partial charge in [-0.2, -0.15) is 14.8 Å². The van der Waals surface area contributed by atoms with E-state index in [2.05, 4.69) is 0 Å². The summed E-state index contributed by atoms with van der Waals surface area (Å²) in [5, 5.41) is 16.1. The van der Waals surface area contributed by atoms with Crippen LogP contribution in [0.3, 0.4) is 0 Å². The van der Waals surface area contributed by atoms with E-state index in [0.717, 1.165) is 0 Å². The highest BCUT2D eigenvalue weighted by Gasteiger charge is 2.28. The van der Waals surface area contributed by atoms with Crippen LogP contribution in [0.15, 0.2) is 0 Å². The van der Waals surface area contributed by atoms with Crippen molar-refractivity contribution in [3.05, 3.63) is 0 Å². The van der Waals surface area contributed by atoms with Crippen molar-refractivity contribution in [2.75, 3.05) is 13.1 Å². The molecule has 0 spiro atoms. The van der Waals surface area contributed by atoms with Gasteiger partial charge in [-0.15, -0.1) is 0 Å². The maximum absolute atomic E-state index is 11.7. The van der Waals surface area contributed by atoms with Gasteiger partial charge >= 0.3 is 0 Å². The van der Waals surface area contributed by atoms with Gasteiger partial charge in [-0.1, -0.05) is 6.92 Å². The minimum atomic E-state index is -3.59. The maximum Gasteiger partial charge on any atom is 0.230 e. The van der Waals surface area contributed by atoms with E-state index in [1.807, 2.05) is 6.07 Å². The molecule has 0 aliphatic carbocycles. The van der Waals surface area contributed by atoms with Gasteiger partial charge in [0.25, 0.3) is 0 Å². The largest absolute Gasteiger partial charge is 0.230 e. The van der Waals surface area contributed by atoms with Crippen molar-refractivity contribution < 1.29 is 8.42 Å². The topological polar surface area (TPSA) is 85.0 Å². The fraction of sp³-hybridized carbons (Fsp3) is 0.778. The molecular weight excluding hydrogens is 214 g/mol. The van der Waals surface area contributed by atoms with Gasteiger partial charge in [-0.05, 0) is 13.8 Å². The standard InChI is InChI=1S/C9H15N3O2S/c1-4-12(7-8(2)5-10)15(13,14)9(3)6-11/h8-9H,4,7H2,1-3H3. The first-order valence-electron chi connectivity index (χ1n) is 4.68. The monoisotopic (exact) mass is 229 g/mol. The van der Waals surface area contributed by atoms with Gasteiger partial charge < -0.3 is 0 Å². The van der Waals surface area contributed by atoms with E-state index in [-0.39, 0.29) is 19.0 Å². The van der Waals surface area contributed by atoms with Crippen LogP contribution in [0.5, 0.6) is 0 Å². The molecule has 5 nitrogen and oxygen atoms in total. The van der Waals surface area contributed by atoms with E-state index < -0.39 is 15.3 Å². The smallest absolute Gasteiger partial charge is 0.211 e. The average molecular weight is 229 g/mol. The highest BCUT2D eigenvalue weighted by Crippen LogP contribution is 2.10. The van der Waals surface area contributed by atoms with Crippen LogP contribution in [0.2, 0.25) is 0 Å². The molecule has 0 rings (SSSR count). The normalized spacial score (nSPS) is 15.3. The maximum atomic E-state index is 11.7. The van der Waals surface area contributed by atoms with Crippen molar-refractivity contribution in [3.8, 4) is 12.1 Å². The zero-order valence-electron chi connectivity index (χ0n) is 9.14. The van der Waals surface area contributed by atoms with E-state index in [9.17, 15) is 8.42 Å². The van der Waals surface area contributed by atoms with Crippen molar-refractivity contribution in [3.63, 3.8) is 0 Å². The molecule has 0 saturated heterocycles. The first-order chi connectivity index (χ1) is 6.89. The second kappa shape index (κ2) is 5.69. The van der Waals surface area contributed by atoms with Gasteiger partial charge in [0.05, 0.1) is 18.1 Å². The number of hydrogen-bond acceptors (Lipinski definition) is 4. The van der Waals surface area contributed by atoms with Gasteiger partial charge in [0.2, 0.25) is 10.0 Å². The van der Waals surface area contributed by atoms with Crippen LogP contribution in [-0.4, -0.2) is 31.1 Å². The molecule has 0 heterocycles. The number of nitriles is 2. The molecule has 0 aromatic heterocycles. The van der Waals surface area contributed by atoms with Crippen molar-refractivity contribution >= 4 is 10.0 Å². The van der Waals surface area contributed by atoms with Gasteiger partial charge in [-0.3, -0.25) is 0 Å². The van der Waals surface area contributed by atoms with E-state index >= 15 is 0 Å². The van der Waals surface area contributed by atoms with Crippen LogP contribution >= 0.6 is 0 Å². The molecule has 0 aromatic carbocycles. The molecule has 0 N–H and O–H groups in total. The summed E-state index contributed by atoms with van der Waals surface area (Å²) in [6.45, 7) is 5.09. The predicted molar refractivity (Wildman–Crippen MR) is 56.0 cm³/mol. The van der Waals surface area contributed by atoms with Crippen LogP contribution in [0.25, 0.3) is 0 Å². The quantitative estimate of drug-likeness (QED) is 0.694. The lowest BCUT2D eigenvalue weighted by Crippen LogP contribution is -2.39. The zero-order chi connectivity index (χ0) is 12.1. The van der Waals surface area contributed by atoms with Crippen LogP contribution in [-0.2, 0) is 10.0 Å². The summed E-state index contributed by atoms with van der Waals surface area (Å²) < 4.78 is 24.7. The molecule has 15 heavy (non-hydrogen) atoms. The Morgan fingerprint density at radius 3 is 2.13 bits per heavy atom. The molecule has 0 aliphatic heterocycles. The minimum absolute atomic E-state index is 0.140. The Morgan fingerprint density at radius 1 is 1.27 bits per heavy atom. The highest BCUT2D eigenvalue weighted by atomic mass is 32.2. The Balaban J connectivity index is 4.86. The Morgan fingerprint density at radius 2 is 1.80 bits per heavy atom. The van der Waals surface area contributed by atoms with Crippen molar-refractivity contribution in [1.82, 2.24) is 4.31 Å². The summed E-state index contributed by atoms with van der Waals surface area (Å²) in [4.78, 5) is 0. The minimum Gasteiger partial charge on any atom is -0.211 e. The Labute approximate surface area is 91.0 Å². The molecule has 2 unspecified atom stereocenters. The van der Waals surface area contributed by atoms with Gasteiger partial charge in [-0.25, -0.2) is 8.42 Å². The van der Waals surface area contributed by atoms with Crippen LogP contribution in [0.4, 0.5) is 0 Å². The van der Waals surface area contributed by atoms with Crippen molar-refractivity contribution in [1.29, 1.82) is 10.5 Å². The molecule has 0 amide bonds. The first kappa shape index (κ1) is 13.9. The van der Waals surface area contributed by atoms with Gasteiger partial charge in [0, 0.05) is 13.1 Å². The molecule has 0 saturated carbocycles. The molecule has 0 aliphatic rings. The molecule has 0 radical (unpaired) electrons. The predicted octanol–water partition coefficient (Wildman–Crippen LogP) is 0.710. The molecule has 0 aromatic rings. The van der Waals surface area contributed by atoms with Crippen LogP contribution in [0.1, 0.15) is 20.8 Å². The number of hydrogen-bond donors (Lipinski definition) is 0. The molecule has 6 heteroatoms. The summed E-state index contributed by atoms with van der Waals surface area (Å²) in [6.07, 6.45) is 0. The zero-order valence-corrected chi connectivity index (χ0v) is 9.95. The fourth-order valence-corrected chi connectivity index (χ4v) is 2.42. The lowest BCUT2D eigenvalue weighted by atomic mass is 10.2. The lowest BCUT2D eigenvalue weighted by molar-refractivity contribution is 0.397. The average Bonchev–Trinajstić information content (AvgIpc) is 2.23. The number of rotatable bonds is 5. The number of sulfonamides is 1. The molecule has 84 valence electrons. The Kier molecular flexibility index (Phi) is 5.27. The molecular formula is C9H15N3O2S. The van der Waals surface area contributed by atoms with E-state index in [4.69, 9.17) is 10.5 Å². The summed E-state index contributed by atoms with van der Waals surface area (Å²) in [5.74, 6) is -0.370. The van der Waals surface area contributed by atoms with Crippen LogP contribution < -0.4 is 0 Å². The third kappa shape index (κ3) is 3.50. The Hall–Kier alpha value is -1.11. The second-order valence-corrected chi connectivity index (χ2v) is 5.55. The first-order valence-corrected chi connectivity index (χ1v) is 6.18. The second-order valence-electron chi connectivity index (χ2n) is 3.30. The molecule has 0 fully saturated rings. The highest BCUT2D eigenvalue weighted by molar-refractivity contribution is 7.89. The van der Waals surface area contributed by atoms with Crippen molar-refractivity contribution in [2.45, 2.75) is 26.0 Å². The lowest BCUT2D eigenvalue weighted by Gasteiger charge is -2.22. The van der Waals surface area contributed by atoms with E-state index in [0.29, 0.717) is 0 Å². The fourth-order valence-electron chi connectivity index (χ4n) is 1.05. The summed E-state index contributed by atoms with van der Waals surface area (Å²) in [6, 6.07) is 3.67. The Bertz CT molecular complexity index is 377. The third-order valence-corrected chi connectivity index (χ3v) is 4.17. The SMILES string of the molecule is CCN(CC(C)C#N)S(=O)(=O)C(C)C#N. The van der Waals surface area contributed by atoms with E-state index in [1.165, 1.54) is 11.2 Å². The van der Waals surface area contributed by atoms with Gasteiger partial charge in [0.1, 0.15) is 0 Å². The number of nitrogens with zero attached hydrogens (tertiary/aromatic N) is 3. The summed E-state index contributed by atoms with van der Waals surface area (Å²) >= 11 is 0. The molecule has 2 atom stereocenters. The van der Waals surface area contributed by atoms with Gasteiger partial charge in [0.15, 0.2) is 5.25 Å². The van der Waals surface area contributed by atoms with Crippen LogP contribution in [0, 0.1) is 28.6 Å².